The van der Waals surface area contributed by atoms with Crippen LogP contribution in [0.1, 0.15) is 12.7 Å². The van der Waals surface area contributed by atoms with E-state index in [4.69, 9.17) is 14.1 Å². The predicted octanol–water partition coefficient (Wildman–Crippen LogP) is 2.64. The zero-order valence-corrected chi connectivity index (χ0v) is 9.61. The van der Waals surface area contributed by atoms with Crippen molar-refractivity contribution < 1.29 is 8.83 Å². The first-order valence-corrected chi connectivity index (χ1v) is 5.53. The first-order valence-electron chi connectivity index (χ1n) is 4.65. The van der Waals surface area contributed by atoms with Gasteiger partial charge in [-0.05, 0) is 31.7 Å². The molecule has 6 heteroatoms. The molecular weight excluding hydrogens is 226 g/mol. The van der Waals surface area contributed by atoms with Crippen LogP contribution in [0.15, 0.2) is 26.4 Å². The summed E-state index contributed by atoms with van der Waals surface area (Å²) in [6.07, 6.45) is 1.57. The third-order valence-electron chi connectivity index (χ3n) is 1.96. The summed E-state index contributed by atoms with van der Waals surface area (Å²) in [5.74, 6) is 1.15. The Labute approximate surface area is 96.5 Å². The molecule has 2 aromatic rings. The van der Waals surface area contributed by atoms with Gasteiger partial charge in [0.25, 0.3) is 11.1 Å². The molecule has 2 aromatic heterocycles. The van der Waals surface area contributed by atoms with Gasteiger partial charge in [0.05, 0.1) is 23.1 Å². The molecule has 0 saturated heterocycles. The van der Waals surface area contributed by atoms with E-state index < -0.39 is 0 Å². The molecule has 0 aliphatic heterocycles. The van der Waals surface area contributed by atoms with Crippen molar-refractivity contribution >= 4 is 11.8 Å². The summed E-state index contributed by atoms with van der Waals surface area (Å²) in [5.41, 5.74) is 0.781. The molecule has 0 unspecified atom stereocenters. The third kappa shape index (κ3) is 2.09. The van der Waals surface area contributed by atoms with E-state index in [1.807, 2.05) is 6.92 Å². The van der Waals surface area contributed by atoms with E-state index >= 15 is 0 Å². The summed E-state index contributed by atoms with van der Waals surface area (Å²) >= 11 is 1.24. The third-order valence-corrected chi connectivity index (χ3v) is 2.78. The standard InChI is InChI=1S/C10H9N3O2S/c1-6(5-11)16-10-13-12-9(15-10)8-3-4-14-7(8)2/h3-4,6H,1-2H3/t6-/m1/s1. The van der Waals surface area contributed by atoms with E-state index in [2.05, 4.69) is 16.3 Å². The highest BCUT2D eigenvalue weighted by atomic mass is 32.2. The average Bonchev–Trinajstić information content (AvgIpc) is 2.86. The number of furan rings is 1. The molecule has 82 valence electrons. The van der Waals surface area contributed by atoms with Crippen LogP contribution in [-0.4, -0.2) is 15.4 Å². The number of aryl methyl sites for hydroxylation is 1. The zero-order valence-electron chi connectivity index (χ0n) is 8.80. The van der Waals surface area contributed by atoms with Crippen molar-refractivity contribution in [3.8, 4) is 17.5 Å². The highest BCUT2D eigenvalue weighted by molar-refractivity contribution is 7.99. The van der Waals surface area contributed by atoms with Crippen molar-refractivity contribution in [3.63, 3.8) is 0 Å². The minimum Gasteiger partial charge on any atom is -0.469 e. The Morgan fingerprint density at radius 3 is 2.94 bits per heavy atom. The Kier molecular flexibility index (Phi) is 2.97. The quantitative estimate of drug-likeness (QED) is 0.761. The van der Waals surface area contributed by atoms with Crippen LogP contribution in [-0.2, 0) is 0 Å². The first kappa shape index (κ1) is 10.8. The molecule has 0 aliphatic rings. The maximum absolute atomic E-state index is 8.66. The summed E-state index contributed by atoms with van der Waals surface area (Å²) in [6.45, 7) is 3.60. The fourth-order valence-electron chi connectivity index (χ4n) is 1.15. The Morgan fingerprint density at radius 1 is 1.50 bits per heavy atom. The molecule has 0 aliphatic carbocycles. The van der Waals surface area contributed by atoms with Gasteiger partial charge in [-0.2, -0.15) is 5.26 Å². The number of hydrogen-bond acceptors (Lipinski definition) is 6. The van der Waals surface area contributed by atoms with E-state index in [1.54, 1.807) is 19.3 Å². The van der Waals surface area contributed by atoms with E-state index in [0.29, 0.717) is 11.1 Å². The van der Waals surface area contributed by atoms with Crippen molar-refractivity contribution in [2.45, 2.75) is 24.3 Å². The van der Waals surface area contributed by atoms with Crippen LogP contribution in [0.5, 0.6) is 0 Å². The molecule has 0 spiro atoms. The average molecular weight is 235 g/mol. The highest BCUT2D eigenvalue weighted by Gasteiger charge is 2.14. The lowest BCUT2D eigenvalue weighted by molar-refractivity contribution is 0.463. The van der Waals surface area contributed by atoms with Crippen LogP contribution in [0.2, 0.25) is 0 Å². The summed E-state index contributed by atoms with van der Waals surface area (Å²) in [6, 6.07) is 3.85. The lowest BCUT2D eigenvalue weighted by Crippen LogP contribution is -1.88. The van der Waals surface area contributed by atoms with Gasteiger partial charge in [-0.3, -0.25) is 0 Å². The zero-order chi connectivity index (χ0) is 11.5. The fraction of sp³-hybridized carbons (Fsp3) is 0.300. The van der Waals surface area contributed by atoms with Crippen molar-refractivity contribution in [3.05, 3.63) is 18.1 Å². The highest BCUT2D eigenvalue weighted by Crippen LogP contribution is 2.27. The van der Waals surface area contributed by atoms with Crippen molar-refractivity contribution in [1.29, 1.82) is 5.26 Å². The van der Waals surface area contributed by atoms with Gasteiger partial charge in [-0.1, -0.05) is 0 Å². The number of rotatable bonds is 3. The van der Waals surface area contributed by atoms with Gasteiger partial charge in [0, 0.05) is 0 Å². The Balaban J connectivity index is 2.21. The maximum atomic E-state index is 8.66. The maximum Gasteiger partial charge on any atom is 0.278 e. The van der Waals surface area contributed by atoms with E-state index in [0.717, 1.165) is 11.3 Å². The second-order valence-electron chi connectivity index (χ2n) is 3.15. The van der Waals surface area contributed by atoms with E-state index in [-0.39, 0.29) is 5.25 Å². The molecule has 0 bridgehead atoms. The lowest BCUT2D eigenvalue weighted by atomic mass is 10.3. The summed E-state index contributed by atoms with van der Waals surface area (Å²) in [4.78, 5) is 0. The van der Waals surface area contributed by atoms with Crippen LogP contribution < -0.4 is 0 Å². The van der Waals surface area contributed by atoms with Gasteiger partial charge in [-0.15, -0.1) is 10.2 Å². The molecule has 1 atom stereocenters. The van der Waals surface area contributed by atoms with Gasteiger partial charge >= 0.3 is 0 Å². The molecule has 2 heterocycles. The number of nitrogens with zero attached hydrogens (tertiary/aromatic N) is 3. The smallest absolute Gasteiger partial charge is 0.278 e. The van der Waals surface area contributed by atoms with Crippen LogP contribution in [0.4, 0.5) is 0 Å². The molecule has 0 N–H and O–H groups in total. The second-order valence-corrected chi connectivity index (χ2v) is 4.44. The minimum absolute atomic E-state index is 0.209. The summed E-state index contributed by atoms with van der Waals surface area (Å²) < 4.78 is 10.6. The second kappa shape index (κ2) is 4.41. The molecular formula is C10H9N3O2S. The molecule has 0 fully saturated rings. The van der Waals surface area contributed by atoms with Crippen LogP contribution in [0.25, 0.3) is 11.5 Å². The lowest BCUT2D eigenvalue weighted by Gasteiger charge is -1.94. The number of nitriles is 1. The molecule has 0 radical (unpaired) electrons. The number of thioether (sulfide) groups is 1. The Bertz CT molecular complexity index is 526. The largest absolute Gasteiger partial charge is 0.469 e. The van der Waals surface area contributed by atoms with Crippen molar-refractivity contribution in [2.75, 3.05) is 0 Å². The molecule has 16 heavy (non-hydrogen) atoms. The van der Waals surface area contributed by atoms with E-state index in [9.17, 15) is 0 Å². The van der Waals surface area contributed by atoms with Crippen molar-refractivity contribution in [2.24, 2.45) is 0 Å². The first-order chi connectivity index (χ1) is 7.70. The van der Waals surface area contributed by atoms with Gasteiger partial charge in [0.2, 0.25) is 0 Å². The number of aromatic nitrogens is 2. The Hall–Kier alpha value is -1.74. The Morgan fingerprint density at radius 2 is 2.31 bits per heavy atom. The molecule has 0 amide bonds. The van der Waals surface area contributed by atoms with Gasteiger partial charge in [0.15, 0.2) is 0 Å². The molecule has 2 rings (SSSR count). The van der Waals surface area contributed by atoms with Crippen LogP contribution in [0.3, 0.4) is 0 Å². The van der Waals surface area contributed by atoms with E-state index in [1.165, 1.54) is 11.8 Å². The van der Waals surface area contributed by atoms with Crippen LogP contribution in [0, 0.1) is 18.3 Å². The minimum atomic E-state index is -0.209. The monoisotopic (exact) mass is 235 g/mol. The van der Waals surface area contributed by atoms with Gasteiger partial charge in [-0.25, -0.2) is 0 Å². The normalized spacial score (nSPS) is 12.3. The fourth-order valence-corrected chi connectivity index (χ4v) is 1.72. The van der Waals surface area contributed by atoms with Crippen molar-refractivity contribution in [1.82, 2.24) is 10.2 Å². The number of hydrogen-bond donors (Lipinski definition) is 0. The van der Waals surface area contributed by atoms with Gasteiger partial charge < -0.3 is 8.83 Å². The molecule has 0 saturated carbocycles. The summed E-state index contributed by atoms with van der Waals surface area (Å²) in [5, 5.41) is 16.6. The predicted molar refractivity (Wildman–Crippen MR) is 57.7 cm³/mol. The summed E-state index contributed by atoms with van der Waals surface area (Å²) in [7, 11) is 0. The molecule has 5 nitrogen and oxygen atoms in total. The molecule has 0 aromatic carbocycles. The van der Waals surface area contributed by atoms with Crippen LogP contribution >= 0.6 is 11.8 Å². The van der Waals surface area contributed by atoms with Gasteiger partial charge in [0.1, 0.15) is 5.76 Å². The topological polar surface area (TPSA) is 75.8 Å². The SMILES string of the molecule is Cc1occc1-c1nnc(S[C@H](C)C#N)o1.